The third-order valence-corrected chi connectivity index (χ3v) is 4.69. The quantitative estimate of drug-likeness (QED) is 0.304. The molecule has 0 aromatic carbocycles. The van der Waals surface area contributed by atoms with Crippen molar-refractivity contribution in [2.75, 3.05) is 6.61 Å². The summed E-state index contributed by atoms with van der Waals surface area (Å²) in [6, 6.07) is 0. The number of hydrogen-bond acceptors (Lipinski definition) is 3. The number of hydrogen-bond donors (Lipinski definition) is 1. The minimum absolute atomic E-state index is 0.170. The molecular formula is C16H35O4P. The van der Waals surface area contributed by atoms with E-state index in [2.05, 4.69) is 13.8 Å². The molecule has 0 saturated carbocycles. The summed E-state index contributed by atoms with van der Waals surface area (Å²) < 4.78 is 22.2. The molecule has 0 rings (SSSR count). The fourth-order valence-electron chi connectivity index (χ4n) is 2.23. The van der Waals surface area contributed by atoms with Gasteiger partial charge >= 0.3 is 7.82 Å². The molecule has 0 aliphatic heterocycles. The zero-order chi connectivity index (χ0) is 16.0. The maximum atomic E-state index is 11.9. The Hall–Kier alpha value is 0.110. The molecule has 0 radical (unpaired) electrons. The molecule has 0 aliphatic carbocycles. The van der Waals surface area contributed by atoms with E-state index in [0.717, 1.165) is 44.9 Å². The molecule has 4 nitrogen and oxygen atoms in total. The molecule has 0 bridgehead atoms. The van der Waals surface area contributed by atoms with Crippen molar-refractivity contribution >= 4 is 7.82 Å². The molecular weight excluding hydrogens is 287 g/mol. The molecule has 5 heteroatoms. The largest absolute Gasteiger partial charge is 0.472 e. The van der Waals surface area contributed by atoms with Crippen LogP contribution in [-0.4, -0.2) is 17.6 Å². The summed E-state index contributed by atoms with van der Waals surface area (Å²) in [7, 11) is -3.88. The molecule has 21 heavy (non-hydrogen) atoms. The molecule has 0 saturated heterocycles. The Morgan fingerprint density at radius 1 is 0.905 bits per heavy atom. The number of unbranched alkanes of at least 4 members (excludes halogenated alkanes) is 7. The van der Waals surface area contributed by atoms with E-state index in [1.54, 1.807) is 0 Å². The van der Waals surface area contributed by atoms with Gasteiger partial charge in [0, 0.05) is 0 Å². The highest BCUT2D eigenvalue weighted by Gasteiger charge is 2.25. The molecule has 0 aromatic rings. The van der Waals surface area contributed by atoms with Crippen LogP contribution in [0.2, 0.25) is 0 Å². The lowest BCUT2D eigenvalue weighted by atomic mass is 10.1. The standard InChI is InChI=1S/C16H35O4P/c1-4-7-9-10-11-13-15-19-21(17,18)20-16(6-3)14-12-8-5-2/h16H,4-15H2,1-3H3,(H,17,18). The second-order valence-corrected chi connectivity index (χ2v) is 7.11. The predicted octanol–water partition coefficient (Wildman–Crippen LogP) is 5.84. The summed E-state index contributed by atoms with van der Waals surface area (Å²) in [5.41, 5.74) is 0. The molecule has 128 valence electrons. The maximum absolute atomic E-state index is 11.9. The Kier molecular flexibility index (Phi) is 13.8. The van der Waals surface area contributed by atoms with Crippen molar-refractivity contribution in [1.82, 2.24) is 0 Å². The van der Waals surface area contributed by atoms with Crippen molar-refractivity contribution in [3.8, 4) is 0 Å². The Bertz CT molecular complexity index is 271. The van der Waals surface area contributed by atoms with Gasteiger partial charge in [0.15, 0.2) is 0 Å². The third-order valence-electron chi connectivity index (χ3n) is 3.62. The first-order valence-corrected chi connectivity index (χ1v) is 10.2. The van der Waals surface area contributed by atoms with Gasteiger partial charge in [-0.25, -0.2) is 4.57 Å². The Labute approximate surface area is 131 Å². The predicted molar refractivity (Wildman–Crippen MR) is 88.5 cm³/mol. The van der Waals surface area contributed by atoms with Crippen LogP contribution in [0.15, 0.2) is 0 Å². The lowest BCUT2D eigenvalue weighted by molar-refractivity contribution is 0.0944. The van der Waals surface area contributed by atoms with Gasteiger partial charge in [-0.2, -0.15) is 0 Å². The zero-order valence-electron chi connectivity index (χ0n) is 14.2. The first kappa shape index (κ1) is 21.1. The third kappa shape index (κ3) is 13.5. The minimum Gasteiger partial charge on any atom is -0.302 e. The maximum Gasteiger partial charge on any atom is 0.472 e. The van der Waals surface area contributed by atoms with E-state index in [-0.39, 0.29) is 6.10 Å². The topological polar surface area (TPSA) is 55.8 Å². The van der Waals surface area contributed by atoms with Crippen molar-refractivity contribution < 1.29 is 18.5 Å². The van der Waals surface area contributed by atoms with Gasteiger partial charge in [-0.05, 0) is 19.3 Å². The van der Waals surface area contributed by atoms with Crippen LogP contribution in [0.4, 0.5) is 0 Å². The molecule has 1 N–H and O–H groups in total. The first-order valence-electron chi connectivity index (χ1n) is 8.71. The SMILES string of the molecule is CCCCCCCCOP(=O)(O)OC(CC)CCCCC. The van der Waals surface area contributed by atoms with E-state index in [4.69, 9.17) is 9.05 Å². The first-order chi connectivity index (χ1) is 10.1. The summed E-state index contributed by atoms with van der Waals surface area (Å²) in [6.45, 7) is 6.62. The molecule has 0 spiro atoms. The molecule has 2 atom stereocenters. The Balaban J connectivity index is 3.76. The number of phosphoric ester groups is 1. The number of rotatable bonds is 15. The van der Waals surface area contributed by atoms with E-state index in [9.17, 15) is 9.46 Å². The zero-order valence-corrected chi connectivity index (χ0v) is 15.1. The summed E-state index contributed by atoms with van der Waals surface area (Å²) in [4.78, 5) is 9.72. The van der Waals surface area contributed by atoms with Crippen LogP contribution < -0.4 is 0 Å². The van der Waals surface area contributed by atoms with Crippen LogP contribution in [0.25, 0.3) is 0 Å². The minimum atomic E-state index is -3.88. The fourth-order valence-corrected chi connectivity index (χ4v) is 3.29. The smallest absolute Gasteiger partial charge is 0.302 e. The van der Waals surface area contributed by atoms with Crippen LogP contribution in [0.5, 0.6) is 0 Å². The van der Waals surface area contributed by atoms with E-state index in [0.29, 0.717) is 6.61 Å². The van der Waals surface area contributed by atoms with Crippen molar-refractivity contribution in [2.45, 2.75) is 97.5 Å². The van der Waals surface area contributed by atoms with Crippen LogP contribution >= 0.6 is 7.82 Å². The van der Waals surface area contributed by atoms with Gasteiger partial charge in [0.25, 0.3) is 0 Å². The normalized spacial score (nSPS) is 15.8. The van der Waals surface area contributed by atoms with Gasteiger partial charge in [-0.3, -0.25) is 9.05 Å². The molecule has 0 aromatic heterocycles. The summed E-state index contributed by atoms with van der Waals surface area (Å²) in [5.74, 6) is 0. The van der Waals surface area contributed by atoms with Gasteiger partial charge in [0.05, 0.1) is 12.7 Å². The highest BCUT2D eigenvalue weighted by atomic mass is 31.2. The molecule has 0 fully saturated rings. The van der Waals surface area contributed by atoms with Gasteiger partial charge < -0.3 is 4.89 Å². The van der Waals surface area contributed by atoms with Crippen LogP contribution in [0, 0.1) is 0 Å². The highest BCUT2D eigenvalue weighted by molar-refractivity contribution is 7.47. The van der Waals surface area contributed by atoms with Crippen molar-refractivity contribution in [3.05, 3.63) is 0 Å². The Morgan fingerprint density at radius 2 is 1.48 bits per heavy atom. The van der Waals surface area contributed by atoms with Gasteiger partial charge in [-0.1, -0.05) is 72.1 Å². The van der Waals surface area contributed by atoms with Crippen LogP contribution in [0.3, 0.4) is 0 Å². The van der Waals surface area contributed by atoms with Crippen molar-refractivity contribution in [1.29, 1.82) is 0 Å². The molecule has 0 heterocycles. The lowest BCUT2D eigenvalue weighted by Crippen LogP contribution is -2.11. The fraction of sp³-hybridized carbons (Fsp3) is 1.00. The van der Waals surface area contributed by atoms with Gasteiger partial charge in [-0.15, -0.1) is 0 Å². The summed E-state index contributed by atoms with van der Waals surface area (Å²) in [6.07, 6.45) is 11.5. The van der Waals surface area contributed by atoms with E-state index < -0.39 is 7.82 Å². The summed E-state index contributed by atoms with van der Waals surface area (Å²) in [5, 5.41) is 0. The van der Waals surface area contributed by atoms with Gasteiger partial charge in [0.1, 0.15) is 0 Å². The molecule has 2 unspecified atom stereocenters. The van der Waals surface area contributed by atoms with E-state index in [1.807, 2.05) is 6.92 Å². The number of phosphoric acid groups is 1. The second kappa shape index (κ2) is 13.8. The molecule has 0 amide bonds. The van der Waals surface area contributed by atoms with E-state index >= 15 is 0 Å². The van der Waals surface area contributed by atoms with E-state index in [1.165, 1.54) is 25.7 Å². The average Bonchev–Trinajstić information content (AvgIpc) is 2.45. The van der Waals surface area contributed by atoms with Gasteiger partial charge in [0.2, 0.25) is 0 Å². The monoisotopic (exact) mass is 322 g/mol. The summed E-state index contributed by atoms with van der Waals surface area (Å²) >= 11 is 0. The van der Waals surface area contributed by atoms with Crippen molar-refractivity contribution in [2.24, 2.45) is 0 Å². The Morgan fingerprint density at radius 3 is 2.10 bits per heavy atom. The average molecular weight is 322 g/mol. The second-order valence-electron chi connectivity index (χ2n) is 5.70. The molecule has 0 aliphatic rings. The highest BCUT2D eigenvalue weighted by Crippen LogP contribution is 2.45. The van der Waals surface area contributed by atoms with Crippen molar-refractivity contribution in [3.63, 3.8) is 0 Å². The van der Waals surface area contributed by atoms with Crippen LogP contribution in [-0.2, 0) is 13.6 Å². The lowest BCUT2D eigenvalue weighted by Gasteiger charge is -2.19. The van der Waals surface area contributed by atoms with Crippen LogP contribution in [0.1, 0.15) is 91.4 Å².